The number of nitrogens with zero attached hydrogens (tertiary/aromatic N) is 2. The van der Waals surface area contributed by atoms with Gasteiger partial charge in [0.15, 0.2) is 5.96 Å². The van der Waals surface area contributed by atoms with Crippen LogP contribution < -0.4 is 5.32 Å². The molecular weight excluding hydrogens is 269 g/mol. The van der Waals surface area contributed by atoms with Crippen molar-refractivity contribution in [1.82, 2.24) is 10.2 Å². The lowest BCUT2D eigenvalue weighted by Gasteiger charge is -2.24. The fraction of sp³-hybridized carbons (Fsp3) is 0.562. The van der Waals surface area contributed by atoms with Crippen LogP contribution in [0.4, 0.5) is 4.39 Å². The van der Waals surface area contributed by atoms with Gasteiger partial charge in [0, 0.05) is 39.7 Å². The fourth-order valence-corrected chi connectivity index (χ4v) is 2.51. The molecule has 5 heteroatoms. The Kier molecular flexibility index (Phi) is 5.56. The molecule has 1 aromatic carbocycles. The molecule has 116 valence electrons. The first kappa shape index (κ1) is 15.8. The monoisotopic (exact) mass is 293 g/mol. The number of halogens is 1. The minimum Gasteiger partial charge on any atom is -0.381 e. The Morgan fingerprint density at radius 1 is 1.52 bits per heavy atom. The molecule has 0 saturated carbocycles. The van der Waals surface area contributed by atoms with Gasteiger partial charge in [0.25, 0.3) is 0 Å². The molecule has 1 fully saturated rings. The van der Waals surface area contributed by atoms with Gasteiger partial charge in [0.2, 0.25) is 0 Å². The van der Waals surface area contributed by atoms with Crippen molar-refractivity contribution in [3.8, 4) is 0 Å². The highest BCUT2D eigenvalue weighted by atomic mass is 19.1. The van der Waals surface area contributed by atoms with E-state index in [1.807, 2.05) is 13.1 Å². The van der Waals surface area contributed by atoms with Gasteiger partial charge in [-0.3, -0.25) is 4.99 Å². The third kappa shape index (κ3) is 4.43. The SMILES string of the molecule is CN=C(NCc1ccc(C)c(F)c1)N(C)CC1CCOC1. The second kappa shape index (κ2) is 7.41. The Morgan fingerprint density at radius 2 is 2.33 bits per heavy atom. The van der Waals surface area contributed by atoms with Crippen LogP contribution in [0.1, 0.15) is 17.5 Å². The number of ether oxygens (including phenoxy) is 1. The zero-order chi connectivity index (χ0) is 15.2. The molecule has 0 aliphatic carbocycles. The second-order valence-corrected chi connectivity index (χ2v) is 5.59. The van der Waals surface area contributed by atoms with Crippen LogP contribution in [0, 0.1) is 18.7 Å². The lowest BCUT2D eigenvalue weighted by Crippen LogP contribution is -2.41. The number of hydrogen-bond acceptors (Lipinski definition) is 2. The largest absolute Gasteiger partial charge is 0.381 e. The van der Waals surface area contributed by atoms with E-state index in [1.54, 1.807) is 26.1 Å². The van der Waals surface area contributed by atoms with Gasteiger partial charge >= 0.3 is 0 Å². The fourth-order valence-electron chi connectivity index (χ4n) is 2.51. The summed E-state index contributed by atoms with van der Waals surface area (Å²) in [5.41, 5.74) is 1.58. The van der Waals surface area contributed by atoms with E-state index in [9.17, 15) is 4.39 Å². The third-order valence-electron chi connectivity index (χ3n) is 3.82. The first-order valence-electron chi connectivity index (χ1n) is 7.34. The van der Waals surface area contributed by atoms with Gasteiger partial charge in [-0.2, -0.15) is 0 Å². The highest BCUT2D eigenvalue weighted by molar-refractivity contribution is 5.79. The van der Waals surface area contributed by atoms with Crippen molar-refractivity contribution in [3.05, 3.63) is 35.1 Å². The molecule has 1 atom stereocenters. The summed E-state index contributed by atoms with van der Waals surface area (Å²) in [4.78, 5) is 6.38. The van der Waals surface area contributed by atoms with Gasteiger partial charge in [0.1, 0.15) is 5.82 Å². The lowest BCUT2D eigenvalue weighted by atomic mass is 10.1. The number of hydrogen-bond donors (Lipinski definition) is 1. The summed E-state index contributed by atoms with van der Waals surface area (Å²) in [6.45, 7) is 4.93. The summed E-state index contributed by atoms with van der Waals surface area (Å²) < 4.78 is 18.9. The molecule has 0 spiro atoms. The summed E-state index contributed by atoms with van der Waals surface area (Å²) in [5.74, 6) is 1.22. The molecule has 1 unspecified atom stereocenters. The van der Waals surface area contributed by atoms with Crippen LogP contribution in [-0.4, -0.2) is 44.7 Å². The minimum absolute atomic E-state index is 0.166. The quantitative estimate of drug-likeness (QED) is 0.683. The number of rotatable bonds is 4. The van der Waals surface area contributed by atoms with E-state index in [0.717, 1.165) is 37.7 Å². The number of nitrogens with one attached hydrogen (secondary N) is 1. The van der Waals surface area contributed by atoms with E-state index in [-0.39, 0.29) is 5.82 Å². The molecule has 0 aromatic heterocycles. The van der Waals surface area contributed by atoms with Gasteiger partial charge < -0.3 is 15.0 Å². The Bertz CT molecular complexity index is 498. The number of guanidine groups is 1. The smallest absolute Gasteiger partial charge is 0.193 e. The molecule has 0 bridgehead atoms. The van der Waals surface area contributed by atoms with Gasteiger partial charge in [-0.15, -0.1) is 0 Å². The molecule has 1 aliphatic heterocycles. The summed E-state index contributed by atoms with van der Waals surface area (Å²) in [5, 5.41) is 3.27. The molecule has 21 heavy (non-hydrogen) atoms. The molecular formula is C16H24FN3O. The normalized spacial score (nSPS) is 18.9. The highest BCUT2D eigenvalue weighted by Gasteiger charge is 2.18. The molecule has 1 heterocycles. The van der Waals surface area contributed by atoms with Crippen molar-refractivity contribution in [2.75, 3.05) is 33.9 Å². The first-order valence-corrected chi connectivity index (χ1v) is 7.34. The van der Waals surface area contributed by atoms with Gasteiger partial charge in [-0.25, -0.2) is 4.39 Å². The van der Waals surface area contributed by atoms with Crippen LogP contribution in [0.3, 0.4) is 0 Å². The summed E-state index contributed by atoms with van der Waals surface area (Å²) in [6, 6.07) is 5.30. The van der Waals surface area contributed by atoms with Gasteiger partial charge in [-0.1, -0.05) is 12.1 Å². The van der Waals surface area contributed by atoms with Crippen molar-refractivity contribution < 1.29 is 9.13 Å². The number of aliphatic imine (C=N–C) groups is 1. The molecule has 0 radical (unpaired) electrons. The maximum absolute atomic E-state index is 13.5. The van der Waals surface area contributed by atoms with Gasteiger partial charge in [-0.05, 0) is 30.5 Å². The lowest BCUT2D eigenvalue weighted by molar-refractivity contribution is 0.181. The van der Waals surface area contributed by atoms with Gasteiger partial charge in [0.05, 0.1) is 6.61 Å². The van der Waals surface area contributed by atoms with Crippen LogP contribution >= 0.6 is 0 Å². The van der Waals surface area contributed by atoms with Crippen molar-refractivity contribution in [1.29, 1.82) is 0 Å². The predicted octanol–water partition coefficient (Wildman–Crippen LogP) is 2.18. The molecule has 1 saturated heterocycles. The molecule has 1 N–H and O–H groups in total. The van der Waals surface area contributed by atoms with E-state index in [2.05, 4.69) is 15.2 Å². The molecule has 2 rings (SSSR count). The summed E-state index contributed by atoms with van der Waals surface area (Å²) in [7, 11) is 3.78. The van der Waals surface area contributed by atoms with E-state index in [1.165, 1.54) is 0 Å². The molecule has 1 aromatic rings. The number of benzene rings is 1. The molecule has 1 aliphatic rings. The average Bonchev–Trinajstić information content (AvgIpc) is 2.96. The Hall–Kier alpha value is -1.62. The summed E-state index contributed by atoms with van der Waals surface area (Å²) in [6.07, 6.45) is 1.10. The van der Waals surface area contributed by atoms with Crippen LogP contribution in [0.25, 0.3) is 0 Å². The number of aryl methyl sites for hydroxylation is 1. The zero-order valence-corrected chi connectivity index (χ0v) is 13.0. The Balaban J connectivity index is 1.88. The van der Waals surface area contributed by atoms with E-state index < -0.39 is 0 Å². The minimum atomic E-state index is -0.166. The predicted molar refractivity (Wildman–Crippen MR) is 82.9 cm³/mol. The van der Waals surface area contributed by atoms with Crippen LogP contribution in [0.15, 0.2) is 23.2 Å². The first-order chi connectivity index (χ1) is 10.1. The third-order valence-corrected chi connectivity index (χ3v) is 3.82. The van der Waals surface area contributed by atoms with Crippen molar-refractivity contribution in [2.24, 2.45) is 10.9 Å². The second-order valence-electron chi connectivity index (χ2n) is 5.59. The van der Waals surface area contributed by atoms with E-state index in [0.29, 0.717) is 18.0 Å². The molecule has 0 amide bonds. The van der Waals surface area contributed by atoms with Crippen LogP contribution in [0.2, 0.25) is 0 Å². The maximum Gasteiger partial charge on any atom is 0.193 e. The van der Waals surface area contributed by atoms with Crippen molar-refractivity contribution >= 4 is 5.96 Å². The Labute approximate surface area is 126 Å². The standard InChI is InChI=1S/C16H24FN3O/c1-12-4-5-13(8-15(12)17)9-19-16(18-2)20(3)10-14-6-7-21-11-14/h4-5,8,14H,6-7,9-11H2,1-3H3,(H,18,19). The maximum atomic E-state index is 13.5. The van der Waals surface area contributed by atoms with Crippen LogP contribution in [-0.2, 0) is 11.3 Å². The highest BCUT2D eigenvalue weighted by Crippen LogP contribution is 2.13. The summed E-state index contributed by atoms with van der Waals surface area (Å²) >= 11 is 0. The Morgan fingerprint density at radius 3 is 2.95 bits per heavy atom. The van der Waals surface area contributed by atoms with Crippen molar-refractivity contribution in [2.45, 2.75) is 19.9 Å². The van der Waals surface area contributed by atoms with E-state index in [4.69, 9.17) is 4.74 Å². The molecule has 4 nitrogen and oxygen atoms in total. The van der Waals surface area contributed by atoms with Crippen LogP contribution in [0.5, 0.6) is 0 Å². The topological polar surface area (TPSA) is 36.9 Å². The van der Waals surface area contributed by atoms with Crippen molar-refractivity contribution in [3.63, 3.8) is 0 Å². The van der Waals surface area contributed by atoms with E-state index >= 15 is 0 Å². The zero-order valence-electron chi connectivity index (χ0n) is 13.0. The average molecular weight is 293 g/mol.